The van der Waals surface area contributed by atoms with E-state index in [2.05, 4.69) is 5.32 Å². The predicted molar refractivity (Wildman–Crippen MR) is 118 cm³/mol. The second-order valence-corrected chi connectivity index (χ2v) is 8.14. The van der Waals surface area contributed by atoms with Gasteiger partial charge in [-0.25, -0.2) is 4.39 Å². The smallest absolute Gasteiger partial charge is 0.261 e. The molecule has 1 saturated carbocycles. The summed E-state index contributed by atoms with van der Waals surface area (Å²) in [6.07, 6.45) is 4.67. The largest absolute Gasteiger partial charge is 0.481 e. The van der Waals surface area contributed by atoms with Crippen molar-refractivity contribution in [1.82, 2.24) is 10.2 Å². The van der Waals surface area contributed by atoms with Crippen LogP contribution >= 0.6 is 0 Å². The highest BCUT2D eigenvalue weighted by atomic mass is 19.1. The van der Waals surface area contributed by atoms with E-state index < -0.39 is 11.9 Å². The standard InChI is InChI=1S/C25H31FN2O3/c1-3-22(25(30)27-20-11-4-5-12-20)28(16-19-10-8-9-18(2)15-19)24(29)17-31-23-14-7-6-13-21(23)26/h6-10,13-15,20,22H,3-5,11-12,16-17H2,1-2H3,(H,27,30). The van der Waals surface area contributed by atoms with Gasteiger partial charge in [-0.2, -0.15) is 0 Å². The van der Waals surface area contributed by atoms with E-state index >= 15 is 0 Å². The third-order valence-electron chi connectivity index (χ3n) is 5.71. The fourth-order valence-corrected chi connectivity index (χ4v) is 4.08. The molecule has 1 unspecified atom stereocenters. The third-order valence-corrected chi connectivity index (χ3v) is 5.71. The number of halogens is 1. The van der Waals surface area contributed by atoms with Gasteiger partial charge in [-0.15, -0.1) is 0 Å². The Hall–Kier alpha value is -2.89. The van der Waals surface area contributed by atoms with Gasteiger partial charge < -0.3 is 15.0 Å². The van der Waals surface area contributed by atoms with Gasteiger partial charge in [0.15, 0.2) is 18.2 Å². The molecule has 0 saturated heterocycles. The number of nitrogens with one attached hydrogen (secondary N) is 1. The van der Waals surface area contributed by atoms with Crippen molar-refractivity contribution in [2.24, 2.45) is 0 Å². The summed E-state index contributed by atoms with van der Waals surface area (Å²) in [4.78, 5) is 27.8. The number of ether oxygens (including phenoxy) is 1. The van der Waals surface area contributed by atoms with E-state index in [0.29, 0.717) is 6.42 Å². The van der Waals surface area contributed by atoms with E-state index in [1.807, 2.05) is 38.1 Å². The van der Waals surface area contributed by atoms with E-state index in [-0.39, 0.29) is 36.8 Å². The number of nitrogens with zero attached hydrogens (tertiary/aromatic N) is 1. The minimum Gasteiger partial charge on any atom is -0.481 e. The lowest BCUT2D eigenvalue weighted by Gasteiger charge is -2.31. The third kappa shape index (κ3) is 6.29. The molecule has 5 nitrogen and oxygen atoms in total. The van der Waals surface area contributed by atoms with Crippen LogP contribution in [-0.2, 0) is 16.1 Å². The highest BCUT2D eigenvalue weighted by molar-refractivity contribution is 5.88. The fraction of sp³-hybridized carbons (Fsp3) is 0.440. The minimum absolute atomic E-state index is 0.0230. The summed E-state index contributed by atoms with van der Waals surface area (Å²) in [5, 5.41) is 3.11. The molecule has 31 heavy (non-hydrogen) atoms. The number of rotatable bonds is 9. The average Bonchev–Trinajstić information content (AvgIpc) is 3.26. The first-order chi connectivity index (χ1) is 15.0. The Labute approximate surface area is 183 Å². The zero-order valence-electron chi connectivity index (χ0n) is 18.3. The van der Waals surface area contributed by atoms with Crippen molar-refractivity contribution in [3.05, 3.63) is 65.5 Å². The summed E-state index contributed by atoms with van der Waals surface area (Å²) < 4.78 is 19.3. The Bertz CT molecular complexity index is 896. The van der Waals surface area contributed by atoms with E-state index in [4.69, 9.17) is 4.74 Å². The Morgan fingerprint density at radius 3 is 2.58 bits per heavy atom. The van der Waals surface area contributed by atoms with Gasteiger partial charge in [-0.1, -0.05) is 61.7 Å². The molecule has 1 N–H and O–H groups in total. The van der Waals surface area contributed by atoms with Gasteiger partial charge in [0.05, 0.1) is 0 Å². The summed E-state index contributed by atoms with van der Waals surface area (Å²) in [5.41, 5.74) is 2.02. The number of aryl methyl sites for hydroxylation is 1. The first kappa shape index (κ1) is 22.8. The van der Waals surface area contributed by atoms with Gasteiger partial charge in [-0.3, -0.25) is 9.59 Å². The Morgan fingerprint density at radius 1 is 1.16 bits per heavy atom. The lowest BCUT2D eigenvalue weighted by atomic mass is 10.1. The molecule has 0 aromatic heterocycles. The highest BCUT2D eigenvalue weighted by Gasteiger charge is 2.31. The summed E-state index contributed by atoms with van der Waals surface area (Å²) in [6, 6.07) is 13.4. The maximum absolute atomic E-state index is 13.9. The first-order valence-electron chi connectivity index (χ1n) is 11.0. The number of carbonyl (C=O) groups excluding carboxylic acids is 2. The van der Waals surface area contributed by atoms with Crippen molar-refractivity contribution < 1.29 is 18.7 Å². The van der Waals surface area contributed by atoms with Gasteiger partial charge in [-0.05, 0) is 43.9 Å². The molecule has 1 atom stereocenters. The predicted octanol–water partition coefficient (Wildman–Crippen LogP) is 4.38. The van der Waals surface area contributed by atoms with Crippen molar-refractivity contribution in [3.63, 3.8) is 0 Å². The van der Waals surface area contributed by atoms with E-state index in [0.717, 1.165) is 36.8 Å². The maximum Gasteiger partial charge on any atom is 0.261 e. The molecule has 1 aliphatic carbocycles. The van der Waals surface area contributed by atoms with Crippen LogP contribution in [-0.4, -0.2) is 35.4 Å². The zero-order valence-corrected chi connectivity index (χ0v) is 18.3. The van der Waals surface area contributed by atoms with E-state index in [1.165, 1.54) is 12.1 Å². The number of benzene rings is 2. The Kier molecular flexibility index (Phi) is 8.04. The average molecular weight is 427 g/mol. The molecule has 2 aromatic carbocycles. The van der Waals surface area contributed by atoms with Crippen LogP contribution in [0, 0.1) is 12.7 Å². The Morgan fingerprint density at radius 2 is 1.90 bits per heavy atom. The first-order valence-corrected chi connectivity index (χ1v) is 11.0. The number of para-hydroxylation sites is 1. The topological polar surface area (TPSA) is 58.6 Å². The van der Waals surface area contributed by atoms with Crippen LogP contribution in [0.4, 0.5) is 4.39 Å². The van der Waals surface area contributed by atoms with Gasteiger partial charge >= 0.3 is 0 Å². The van der Waals surface area contributed by atoms with Gasteiger partial charge in [0, 0.05) is 12.6 Å². The molecule has 1 aliphatic rings. The van der Waals surface area contributed by atoms with E-state index in [9.17, 15) is 14.0 Å². The molecule has 0 heterocycles. The second kappa shape index (κ2) is 10.9. The maximum atomic E-state index is 13.9. The summed E-state index contributed by atoms with van der Waals surface area (Å²) in [5.74, 6) is -0.985. The summed E-state index contributed by atoms with van der Waals surface area (Å²) in [6.45, 7) is 3.84. The van der Waals surface area contributed by atoms with Crippen molar-refractivity contribution in [2.45, 2.75) is 64.6 Å². The molecule has 2 amide bonds. The lowest BCUT2D eigenvalue weighted by Crippen LogP contribution is -2.52. The molecule has 0 spiro atoms. The van der Waals surface area contributed by atoms with Crippen LogP contribution in [0.3, 0.4) is 0 Å². The van der Waals surface area contributed by atoms with Crippen LogP contribution in [0.25, 0.3) is 0 Å². The SMILES string of the molecule is CCC(C(=O)NC1CCCC1)N(Cc1cccc(C)c1)C(=O)COc1ccccc1F. The molecule has 3 rings (SSSR count). The molecular formula is C25H31FN2O3. The minimum atomic E-state index is -0.613. The molecule has 0 bridgehead atoms. The van der Waals surface area contributed by atoms with Crippen molar-refractivity contribution in [2.75, 3.05) is 6.61 Å². The molecule has 166 valence electrons. The summed E-state index contributed by atoms with van der Waals surface area (Å²) >= 11 is 0. The van der Waals surface area contributed by atoms with E-state index in [1.54, 1.807) is 17.0 Å². The van der Waals surface area contributed by atoms with Crippen LogP contribution in [0.2, 0.25) is 0 Å². The van der Waals surface area contributed by atoms with Crippen LogP contribution in [0.15, 0.2) is 48.5 Å². The lowest BCUT2D eigenvalue weighted by molar-refractivity contribution is -0.143. The van der Waals surface area contributed by atoms with Gasteiger partial charge in [0.1, 0.15) is 6.04 Å². The quantitative estimate of drug-likeness (QED) is 0.647. The summed E-state index contributed by atoms with van der Waals surface area (Å²) in [7, 11) is 0. The molecule has 0 radical (unpaired) electrons. The van der Waals surface area contributed by atoms with Crippen LogP contribution in [0.5, 0.6) is 5.75 Å². The Balaban J connectivity index is 1.77. The van der Waals surface area contributed by atoms with Gasteiger partial charge in [0.2, 0.25) is 5.91 Å². The van der Waals surface area contributed by atoms with Crippen LogP contribution in [0.1, 0.15) is 50.2 Å². The van der Waals surface area contributed by atoms with Crippen LogP contribution < -0.4 is 10.1 Å². The van der Waals surface area contributed by atoms with Gasteiger partial charge in [0.25, 0.3) is 5.91 Å². The molecule has 6 heteroatoms. The van der Waals surface area contributed by atoms with Crippen molar-refractivity contribution in [1.29, 1.82) is 0 Å². The molecule has 1 fully saturated rings. The molecule has 2 aromatic rings. The number of hydrogen-bond acceptors (Lipinski definition) is 3. The normalized spacial score (nSPS) is 14.8. The number of hydrogen-bond donors (Lipinski definition) is 1. The fourth-order valence-electron chi connectivity index (χ4n) is 4.08. The van der Waals surface area contributed by atoms with Crippen molar-refractivity contribution >= 4 is 11.8 Å². The zero-order chi connectivity index (χ0) is 22.2. The number of amides is 2. The molecule has 0 aliphatic heterocycles. The highest BCUT2D eigenvalue weighted by Crippen LogP contribution is 2.20. The number of carbonyl (C=O) groups is 2. The molecular weight excluding hydrogens is 395 g/mol. The monoisotopic (exact) mass is 426 g/mol. The van der Waals surface area contributed by atoms with Crippen molar-refractivity contribution in [3.8, 4) is 5.75 Å². The second-order valence-electron chi connectivity index (χ2n) is 8.14.